The quantitative estimate of drug-likeness (QED) is 0.320. The van der Waals surface area contributed by atoms with Crippen LogP contribution in [0.2, 0.25) is 0 Å². The van der Waals surface area contributed by atoms with Gasteiger partial charge in [0.2, 0.25) is 0 Å². The van der Waals surface area contributed by atoms with E-state index in [9.17, 15) is 18.4 Å². The van der Waals surface area contributed by atoms with Crippen molar-refractivity contribution in [3.63, 3.8) is 0 Å². The Morgan fingerprint density at radius 2 is 2.00 bits per heavy atom. The van der Waals surface area contributed by atoms with Gasteiger partial charge in [0.1, 0.15) is 6.29 Å². The molecule has 0 spiro atoms. The summed E-state index contributed by atoms with van der Waals surface area (Å²) < 4.78 is 25.1. The van der Waals surface area contributed by atoms with Crippen LogP contribution in [0.3, 0.4) is 0 Å². The van der Waals surface area contributed by atoms with Crippen molar-refractivity contribution in [2.45, 2.75) is 46.5 Å². The molecule has 0 radical (unpaired) electrons. The minimum absolute atomic E-state index is 0.143. The average Bonchev–Trinajstić information content (AvgIpc) is 3.09. The Balaban J connectivity index is 1.94. The van der Waals surface area contributed by atoms with Crippen LogP contribution < -0.4 is 10.6 Å². The predicted molar refractivity (Wildman–Crippen MR) is 122 cm³/mol. The highest BCUT2D eigenvalue weighted by Crippen LogP contribution is 2.29. The van der Waals surface area contributed by atoms with Crippen molar-refractivity contribution in [3.8, 4) is 0 Å². The zero-order valence-electron chi connectivity index (χ0n) is 18.8. The van der Waals surface area contributed by atoms with E-state index in [2.05, 4.69) is 10.6 Å². The summed E-state index contributed by atoms with van der Waals surface area (Å²) in [4.78, 5) is 27.1. The molecule has 2 N–H and O–H groups in total. The number of carbonyl (C=O) groups excluding carboxylic acids is 2. The summed E-state index contributed by atoms with van der Waals surface area (Å²) in [5.74, 6) is 0.268. The number of allylic oxidation sites excluding steroid dienone is 3. The van der Waals surface area contributed by atoms with E-state index in [1.54, 1.807) is 11.3 Å². The van der Waals surface area contributed by atoms with Gasteiger partial charge in [0.15, 0.2) is 0 Å². The molecule has 0 aromatic carbocycles. The van der Waals surface area contributed by atoms with Crippen molar-refractivity contribution in [2.75, 3.05) is 33.2 Å². The Morgan fingerprint density at radius 1 is 1.32 bits per heavy atom. The molecule has 8 heteroatoms. The minimum atomic E-state index is -2.28. The first-order valence-corrected chi connectivity index (χ1v) is 11.5. The standard InChI is InChI=1S/C23H33F2N3O2S/c1-15(9-16(2)26-4)19(13-29)11-27-23(30)20-14-31-21(17(20)3)10-18-5-7-28(8-6-18)12-22(24)25/h9,13-14,18,22,26H,5-8,10-12H2,1-4H3,(H,27,30)/b16-9-,19-15-. The molecule has 5 nitrogen and oxygen atoms in total. The van der Waals surface area contributed by atoms with Gasteiger partial charge in [-0.2, -0.15) is 0 Å². The van der Waals surface area contributed by atoms with Crippen LogP contribution in [-0.4, -0.2) is 56.7 Å². The first-order valence-electron chi connectivity index (χ1n) is 10.6. The lowest BCUT2D eigenvalue weighted by Crippen LogP contribution is -2.37. The fourth-order valence-corrected chi connectivity index (χ4v) is 4.91. The molecule has 2 heterocycles. The van der Waals surface area contributed by atoms with E-state index in [-0.39, 0.29) is 19.0 Å². The van der Waals surface area contributed by atoms with Crippen LogP contribution in [-0.2, 0) is 11.2 Å². The van der Waals surface area contributed by atoms with Crippen LogP contribution in [0.15, 0.2) is 28.3 Å². The number of carbonyl (C=O) groups is 2. The number of rotatable bonds is 10. The fourth-order valence-electron chi connectivity index (χ4n) is 3.75. The molecule has 1 amide bonds. The smallest absolute Gasteiger partial charge is 0.252 e. The summed E-state index contributed by atoms with van der Waals surface area (Å²) in [6.45, 7) is 7.14. The van der Waals surface area contributed by atoms with E-state index < -0.39 is 6.43 Å². The lowest BCUT2D eigenvalue weighted by molar-refractivity contribution is -0.105. The molecule has 1 aromatic rings. The molecule has 172 valence electrons. The monoisotopic (exact) mass is 453 g/mol. The third-order valence-electron chi connectivity index (χ3n) is 5.88. The van der Waals surface area contributed by atoms with Crippen LogP contribution in [0.4, 0.5) is 8.78 Å². The van der Waals surface area contributed by atoms with Crippen molar-refractivity contribution in [3.05, 3.63) is 44.3 Å². The van der Waals surface area contributed by atoms with E-state index in [4.69, 9.17) is 0 Å². The number of hydrogen-bond donors (Lipinski definition) is 2. The summed E-state index contributed by atoms with van der Waals surface area (Å²) in [5.41, 5.74) is 3.88. The van der Waals surface area contributed by atoms with Gasteiger partial charge in [0.05, 0.1) is 12.1 Å². The van der Waals surface area contributed by atoms with Gasteiger partial charge in [-0.25, -0.2) is 8.78 Å². The first kappa shape index (κ1) is 25.2. The van der Waals surface area contributed by atoms with Crippen molar-refractivity contribution in [1.29, 1.82) is 0 Å². The molecule has 1 aliphatic heterocycles. The second-order valence-corrected chi connectivity index (χ2v) is 9.09. The molecule has 0 saturated carbocycles. The minimum Gasteiger partial charge on any atom is -0.392 e. The number of aldehydes is 1. The zero-order chi connectivity index (χ0) is 23.0. The van der Waals surface area contributed by atoms with Gasteiger partial charge in [-0.15, -0.1) is 11.3 Å². The molecule has 0 atom stereocenters. The molecular weight excluding hydrogens is 420 g/mol. The highest BCUT2D eigenvalue weighted by molar-refractivity contribution is 7.10. The van der Waals surface area contributed by atoms with E-state index in [0.717, 1.165) is 42.4 Å². The van der Waals surface area contributed by atoms with Crippen LogP contribution in [0, 0.1) is 12.8 Å². The molecule has 0 bridgehead atoms. The summed E-state index contributed by atoms with van der Waals surface area (Å²) in [6.07, 6.45) is 3.05. The van der Waals surface area contributed by atoms with Crippen LogP contribution >= 0.6 is 11.3 Å². The lowest BCUT2D eigenvalue weighted by Gasteiger charge is -2.31. The van der Waals surface area contributed by atoms with Crippen LogP contribution in [0.25, 0.3) is 0 Å². The third kappa shape index (κ3) is 7.54. The van der Waals surface area contributed by atoms with Gasteiger partial charge in [0.25, 0.3) is 12.3 Å². The Hall–Kier alpha value is -2.06. The molecule has 0 unspecified atom stereocenters. The number of amides is 1. The van der Waals surface area contributed by atoms with E-state index >= 15 is 0 Å². The number of hydrogen-bond acceptors (Lipinski definition) is 5. The van der Waals surface area contributed by atoms with Gasteiger partial charge < -0.3 is 10.6 Å². The number of piperidine rings is 1. The van der Waals surface area contributed by atoms with Crippen molar-refractivity contribution < 1.29 is 18.4 Å². The maximum Gasteiger partial charge on any atom is 0.252 e. The molecule has 31 heavy (non-hydrogen) atoms. The SMILES string of the molecule is CN/C(C)=C\C(C)=C(/C=O)CNC(=O)c1csc(CC2CCN(CC(F)F)CC2)c1C. The number of thiophene rings is 1. The highest BCUT2D eigenvalue weighted by atomic mass is 32.1. The summed E-state index contributed by atoms with van der Waals surface area (Å²) in [5, 5.41) is 7.73. The number of alkyl halides is 2. The maximum absolute atomic E-state index is 12.7. The maximum atomic E-state index is 12.7. The number of nitrogens with zero attached hydrogens (tertiary/aromatic N) is 1. The van der Waals surface area contributed by atoms with Crippen molar-refractivity contribution in [2.24, 2.45) is 5.92 Å². The van der Waals surface area contributed by atoms with E-state index in [0.29, 0.717) is 30.1 Å². The Labute approximate surface area is 187 Å². The molecule has 1 saturated heterocycles. The van der Waals surface area contributed by atoms with E-state index in [1.807, 2.05) is 44.2 Å². The number of nitrogens with one attached hydrogen (secondary N) is 2. The zero-order valence-corrected chi connectivity index (χ0v) is 19.6. The second-order valence-electron chi connectivity index (χ2n) is 8.12. The Kier molecular flexibility index (Phi) is 9.84. The fraction of sp³-hybridized carbons (Fsp3) is 0.565. The van der Waals surface area contributed by atoms with Crippen LogP contribution in [0.5, 0.6) is 0 Å². The highest BCUT2D eigenvalue weighted by Gasteiger charge is 2.23. The first-order chi connectivity index (χ1) is 14.7. The molecular formula is C23H33F2N3O2S. The summed E-state index contributed by atoms with van der Waals surface area (Å²) in [6, 6.07) is 0. The number of likely N-dealkylation sites (tertiary alicyclic amines) is 1. The third-order valence-corrected chi connectivity index (χ3v) is 6.99. The van der Waals surface area contributed by atoms with Gasteiger partial charge in [-0.05, 0) is 76.3 Å². The van der Waals surface area contributed by atoms with Gasteiger partial charge in [-0.1, -0.05) is 0 Å². The van der Waals surface area contributed by atoms with Gasteiger partial charge in [0, 0.05) is 35.1 Å². The number of halogens is 2. The molecule has 2 rings (SSSR count). The molecule has 1 fully saturated rings. The van der Waals surface area contributed by atoms with Gasteiger partial charge >= 0.3 is 0 Å². The topological polar surface area (TPSA) is 61.4 Å². The van der Waals surface area contributed by atoms with Crippen LogP contribution in [0.1, 0.15) is 47.5 Å². The van der Waals surface area contributed by atoms with Gasteiger partial charge in [-0.3, -0.25) is 14.5 Å². The molecule has 1 aliphatic rings. The van der Waals surface area contributed by atoms with E-state index in [1.165, 1.54) is 4.88 Å². The summed E-state index contributed by atoms with van der Waals surface area (Å²) in [7, 11) is 1.81. The van der Waals surface area contributed by atoms with Crippen molar-refractivity contribution in [1.82, 2.24) is 15.5 Å². The average molecular weight is 454 g/mol. The summed E-state index contributed by atoms with van der Waals surface area (Å²) >= 11 is 1.57. The largest absolute Gasteiger partial charge is 0.392 e. The molecule has 1 aromatic heterocycles. The molecule has 0 aliphatic carbocycles. The predicted octanol–water partition coefficient (Wildman–Crippen LogP) is 3.94. The van der Waals surface area contributed by atoms with Crippen molar-refractivity contribution >= 4 is 23.5 Å². The normalized spacial score (nSPS) is 16.9. The second kappa shape index (κ2) is 12.1. The lowest BCUT2D eigenvalue weighted by atomic mass is 9.91. The Morgan fingerprint density at radius 3 is 2.58 bits per heavy atom. The Bertz CT molecular complexity index is 825.